The minimum Gasteiger partial charge on any atom is -0.306 e. The Morgan fingerprint density at radius 3 is 2.85 bits per heavy atom. The number of H-pyrrole nitrogens is 1. The van der Waals surface area contributed by atoms with Gasteiger partial charge in [-0.3, -0.25) is 9.89 Å². The lowest BCUT2D eigenvalue weighted by molar-refractivity contribution is -0.111. The smallest absolute Gasteiger partial charge is 0.249 e. The fraction of sp³-hybridized carbons (Fsp3) is 0.200. The van der Waals surface area contributed by atoms with Crippen LogP contribution >= 0.6 is 15.9 Å². The summed E-state index contributed by atoms with van der Waals surface area (Å²) in [7, 11) is 0. The van der Waals surface area contributed by atoms with Crippen molar-refractivity contribution in [1.29, 1.82) is 0 Å². The molecule has 1 heterocycles. The number of halogens is 1. The molecular weight excluding hydrogens is 318 g/mol. The van der Waals surface area contributed by atoms with Crippen molar-refractivity contribution in [3.05, 3.63) is 52.1 Å². The van der Waals surface area contributed by atoms with Gasteiger partial charge in [0.05, 0.1) is 0 Å². The minimum absolute atomic E-state index is 0.202. The molecule has 0 unspecified atom stereocenters. The van der Waals surface area contributed by atoms with E-state index in [0.29, 0.717) is 11.7 Å². The van der Waals surface area contributed by atoms with Crippen molar-refractivity contribution in [2.24, 2.45) is 0 Å². The average molecular weight is 334 g/mol. The van der Waals surface area contributed by atoms with E-state index in [2.05, 4.69) is 45.3 Å². The van der Waals surface area contributed by atoms with Crippen LogP contribution in [0.2, 0.25) is 0 Å². The van der Waals surface area contributed by atoms with E-state index in [1.807, 2.05) is 30.3 Å². The molecule has 0 aliphatic heterocycles. The van der Waals surface area contributed by atoms with Crippen molar-refractivity contribution in [3.8, 4) is 0 Å². The van der Waals surface area contributed by atoms with E-state index < -0.39 is 0 Å². The molecule has 0 saturated heterocycles. The molecule has 104 valence electrons. The van der Waals surface area contributed by atoms with Crippen LogP contribution in [0.1, 0.15) is 31.0 Å². The number of nitrogens with zero attached hydrogens (tertiary/aromatic N) is 1. The van der Waals surface area contributed by atoms with Crippen molar-refractivity contribution >= 4 is 33.7 Å². The van der Waals surface area contributed by atoms with Gasteiger partial charge in [0.2, 0.25) is 5.91 Å². The largest absolute Gasteiger partial charge is 0.306 e. The zero-order valence-electron chi connectivity index (χ0n) is 11.4. The zero-order valence-corrected chi connectivity index (χ0v) is 12.9. The second kappa shape index (κ2) is 6.52. The second-order valence-corrected chi connectivity index (χ2v) is 5.66. The summed E-state index contributed by atoms with van der Waals surface area (Å²) in [6.45, 7) is 4.12. The van der Waals surface area contributed by atoms with Gasteiger partial charge in [0.1, 0.15) is 0 Å². The Labute approximate surface area is 126 Å². The van der Waals surface area contributed by atoms with Gasteiger partial charge in [0.15, 0.2) is 5.82 Å². The molecule has 0 fully saturated rings. The third kappa shape index (κ3) is 4.06. The molecule has 0 spiro atoms. The number of benzene rings is 1. The Bertz CT molecular complexity index is 632. The summed E-state index contributed by atoms with van der Waals surface area (Å²) in [4.78, 5) is 11.8. The number of carbonyl (C=O) groups is 1. The van der Waals surface area contributed by atoms with Crippen LogP contribution in [0.4, 0.5) is 5.82 Å². The van der Waals surface area contributed by atoms with Gasteiger partial charge in [0, 0.05) is 22.3 Å². The van der Waals surface area contributed by atoms with Crippen molar-refractivity contribution in [2.75, 3.05) is 5.32 Å². The van der Waals surface area contributed by atoms with Gasteiger partial charge in [-0.15, -0.1) is 0 Å². The molecule has 20 heavy (non-hydrogen) atoms. The number of amides is 1. The first-order chi connectivity index (χ1) is 9.54. The van der Waals surface area contributed by atoms with Gasteiger partial charge in [-0.05, 0) is 29.7 Å². The number of hydrogen-bond acceptors (Lipinski definition) is 2. The van der Waals surface area contributed by atoms with E-state index in [-0.39, 0.29) is 5.91 Å². The van der Waals surface area contributed by atoms with Gasteiger partial charge in [0.25, 0.3) is 0 Å². The number of anilines is 1. The first kappa shape index (κ1) is 14.5. The highest BCUT2D eigenvalue weighted by molar-refractivity contribution is 9.10. The second-order valence-electron chi connectivity index (χ2n) is 4.74. The first-order valence-corrected chi connectivity index (χ1v) is 7.14. The van der Waals surface area contributed by atoms with Crippen LogP contribution in [-0.4, -0.2) is 16.1 Å². The number of rotatable bonds is 4. The van der Waals surface area contributed by atoms with Gasteiger partial charge in [-0.2, -0.15) is 5.10 Å². The molecule has 0 atom stereocenters. The molecule has 0 aliphatic rings. The molecule has 4 nitrogen and oxygen atoms in total. The molecule has 1 aromatic carbocycles. The van der Waals surface area contributed by atoms with Crippen molar-refractivity contribution in [2.45, 2.75) is 19.8 Å². The number of nitrogens with one attached hydrogen (secondary N) is 2. The summed E-state index contributed by atoms with van der Waals surface area (Å²) < 4.78 is 0.980. The average Bonchev–Trinajstić information content (AvgIpc) is 2.85. The summed E-state index contributed by atoms with van der Waals surface area (Å²) >= 11 is 3.39. The molecular formula is C15H16BrN3O. The topological polar surface area (TPSA) is 57.8 Å². The maximum atomic E-state index is 11.8. The predicted octanol–water partition coefficient (Wildman–Crippen LogP) is 3.95. The molecule has 0 saturated carbocycles. The van der Waals surface area contributed by atoms with Gasteiger partial charge >= 0.3 is 0 Å². The normalized spacial score (nSPS) is 11.2. The number of aromatic amines is 1. The highest BCUT2D eigenvalue weighted by Gasteiger charge is 2.06. The number of aromatic nitrogens is 2. The molecule has 0 radical (unpaired) electrons. The summed E-state index contributed by atoms with van der Waals surface area (Å²) in [5, 5.41) is 9.67. The maximum Gasteiger partial charge on any atom is 0.249 e. The number of hydrogen-bond donors (Lipinski definition) is 2. The monoisotopic (exact) mass is 333 g/mol. The lowest BCUT2D eigenvalue weighted by Crippen LogP contribution is -2.07. The van der Waals surface area contributed by atoms with E-state index in [0.717, 1.165) is 15.7 Å². The van der Waals surface area contributed by atoms with Crippen LogP contribution in [0.3, 0.4) is 0 Å². The molecule has 5 heteroatoms. The third-order valence-electron chi connectivity index (χ3n) is 2.75. The van der Waals surface area contributed by atoms with Crippen LogP contribution in [0.15, 0.2) is 40.9 Å². The van der Waals surface area contributed by atoms with Crippen LogP contribution in [0.25, 0.3) is 6.08 Å². The van der Waals surface area contributed by atoms with Crippen LogP contribution < -0.4 is 5.32 Å². The summed E-state index contributed by atoms with van der Waals surface area (Å²) in [5.41, 5.74) is 1.95. The highest BCUT2D eigenvalue weighted by atomic mass is 79.9. The summed E-state index contributed by atoms with van der Waals surface area (Å²) in [6, 6.07) is 9.57. The minimum atomic E-state index is -0.202. The third-order valence-corrected chi connectivity index (χ3v) is 3.24. The Morgan fingerprint density at radius 2 is 2.20 bits per heavy atom. The predicted molar refractivity (Wildman–Crippen MR) is 84.5 cm³/mol. The SMILES string of the molecule is CC(C)c1cc(NC(=O)/C=C/c2cccc(Br)c2)n[nH]1. The lowest BCUT2D eigenvalue weighted by atomic mass is 10.1. The Morgan fingerprint density at radius 1 is 1.40 bits per heavy atom. The molecule has 1 aromatic heterocycles. The van der Waals surface area contributed by atoms with Gasteiger partial charge < -0.3 is 5.32 Å². The van der Waals surface area contributed by atoms with Crippen molar-refractivity contribution < 1.29 is 4.79 Å². The zero-order chi connectivity index (χ0) is 14.5. The lowest BCUT2D eigenvalue weighted by Gasteiger charge is -1.98. The van der Waals surface area contributed by atoms with E-state index in [1.54, 1.807) is 6.08 Å². The Hall–Kier alpha value is -1.88. The van der Waals surface area contributed by atoms with Gasteiger partial charge in [-0.25, -0.2) is 0 Å². The molecule has 1 amide bonds. The van der Waals surface area contributed by atoms with Crippen LogP contribution in [0, 0.1) is 0 Å². The molecule has 0 bridgehead atoms. The van der Waals surface area contributed by atoms with Crippen molar-refractivity contribution in [1.82, 2.24) is 10.2 Å². The fourth-order valence-electron chi connectivity index (χ4n) is 1.65. The van der Waals surface area contributed by atoms with E-state index in [9.17, 15) is 4.79 Å². The highest BCUT2D eigenvalue weighted by Crippen LogP contribution is 2.15. The first-order valence-electron chi connectivity index (χ1n) is 6.34. The van der Waals surface area contributed by atoms with E-state index in [1.165, 1.54) is 6.08 Å². The molecule has 2 N–H and O–H groups in total. The standard InChI is InChI=1S/C15H16BrN3O/c1-10(2)13-9-14(19-18-13)17-15(20)7-6-11-4-3-5-12(16)8-11/h3-10H,1-2H3,(H2,17,18,19,20)/b7-6+. The fourth-order valence-corrected chi connectivity index (χ4v) is 2.06. The van der Waals surface area contributed by atoms with Crippen molar-refractivity contribution in [3.63, 3.8) is 0 Å². The Kier molecular flexibility index (Phi) is 4.74. The van der Waals surface area contributed by atoms with E-state index in [4.69, 9.17) is 0 Å². The molecule has 2 aromatic rings. The molecule has 0 aliphatic carbocycles. The van der Waals surface area contributed by atoms with Crippen LogP contribution in [0.5, 0.6) is 0 Å². The molecule has 2 rings (SSSR count). The summed E-state index contributed by atoms with van der Waals surface area (Å²) in [6.07, 6.45) is 3.25. The van der Waals surface area contributed by atoms with E-state index >= 15 is 0 Å². The quantitative estimate of drug-likeness (QED) is 0.832. The summed E-state index contributed by atoms with van der Waals surface area (Å²) in [5.74, 6) is 0.690. The van der Waals surface area contributed by atoms with Gasteiger partial charge in [-0.1, -0.05) is 41.9 Å². The van der Waals surface area contributed by atoms with Crippen LogP contribution in [-0.2, 0) is 4.79 Å². The number of carbonyl (C=O) groups excluding carboxylic acids is 1. The Balaban J connectivity index is 1.98. The maximum absolute atomic E-state index is 11.8.